The Hall–Kier alpha value is -1.37. The molecule has 5 nitrogen and oxygen atoms in total. The maximum absolute atomic E-state index is 13.5. The van der Waals surface area contributed by atoms with Crippen LogP contribution in [0.5, 0.6) is 0 Å². The SMILES string of the molecule is O=C(O)C(F)C1CCN(C(=O)C(O)c2ccc(Cl)c(Cl)c2)C1. The van der Waals surface area contributed by atoms with Crippen LogP contribution >= 0.6 is 23.2 Å². The van der Waals surface area contributed by atoms with Gasteiger partial charge in [0.05, 0.1) is 10.0 Å². The van der Waals surface area contributed by atoms with E-state index in [0.29, 0.717) is 5.02 Å². The van der Waals surface area contributed by atoms with Crippen LogP contribution in [0.1, 0.15) is 18.1 Å². The minimum atomic E-state index is -2.01. The number of benzene rings is 1. The van der Waals surface area contributed by atoms with E-state index in [1.165, 1.54) is 23.1 Å². The molecule has 120 valence electrons. The van der Waals surface area contributed by atoms with E-state index in [9.17, 15) is 19.1 Å². The van der Waals surface area contributed by atoms with Crippen molar-refractivity contribution in [2.45, 2.75) is 18.7 Å². The second-order valence-corrected chi connectivity index (χ2v) is 5.96. The maximum Gasteiger partial charge on any atom is 0.338 e. The number of aliphatic hydroxyl groups is 1. The first-order valence-electron chi connectivity index (χ1n) is 6.60. The molecule has 0 radical (unpaired) electrons. The Morgan fingerprint density at radius 3 is 2.59 bits per heavy atom. The van der Waals surface area contributed by atoms with Crippen LogP contribution in [0.3, 0.4) is 0 Å². The molecule has 1 aliphatic rings. The van der Waals surface area contributed by atoms with Crippen LogP contribution in [0.4, 0.5) is 4.39 Å². The van der Waals surface area contributed by atoms with Crippen LogP contribution in [-0.2, 0) is 9.59 Å². The van der Waals surface area contributed by atoms with Crippen LogP contribution < -0.4 is 0 Å². The molecule has 1 aliphatic heterocycles. The van der Waals surface area contributed by atoms with E-state index in [-0.39, 0.29) is 30.1 Å². The summed E-state index contributed by atoms with van der Waals surface area (Å²) in [6.45, 7) is 0.167. The molecule has 1 amide bonds. The largest absolute Gasteiger partial charge is 0.479 e. The lowest BCUT2D eigenvalue weighted by molar-refractivity contribution is -0.145. The van der Waals surface area contributed by atoms with Gasteiger partial charge in [-0.3, -0.25) is 4.79 Å². The normalized spacial score (nSPS) is 20.7. The fourth-order valence-electron chi connectivity index (χ4n) is 2.43. The van der Waals surface area contributed by atoms with Crippen molar-refractivity contribution in [1.82, 2.24) is 4.90 Å². The van der Waals surface area contributed by atoms with Crippen molar-refractivity contribution < 1.29 is 24.2 Å². The van der Waals surface area contributed by atoms with Crippen LogP contribution in [0.2, 0.25) is 10.0 Å². The number of carbonyl (C=O) groups is 2. The summed E-state index contributed by atoms with van der Waals surface area (Å²) >= 11 is 11.6. The first kappa shape index (κ1) is 17.0. The highest BCUT2D eigenvalue weighted by Gasteiger charge is 2.37. The molecule has 22 heavy (non-hydrogen) atoms. The molecule has 2 N–H and O–H groups in total. The van der Waals surface area contributed by atoms with E-state index < -0.39 is 30.1 Å². The number of nitrogens with zero attached hydrogens (tertiary/aromatic N) is 1. The monoisotopic (exact) mass is 349 g/mol. The highest BCUT2D eigenvalue weighted by Crippen LogP contribution is 2.29. The van der Waals surface area contributed by atoms with Crippen molar-refractivity contribution in [3.05, 3.63) is 33.8 Å². The highest BCUT2D eigenvalue weighted by atomic mass is 35.5. The first-order chi connectivity index (χ1) is 10.3. The average molecular weight is 350 g/mol. The number of rotatable bonds is 4. The number of hydrogen-bond donors (Lipinski definition) is 2. The molecule has 1 fully saturated rings. The van der Waals surface area contributed by atoms with Gasteiger partial charge < -0.3 is 15.1 Å². The minimum Gasteiger partial charge on any atom is -0.479 e. The molecule has 1 aromatic rings. The molecule has 8 heteroatoms. The molecular formula is C14H14Cl2FNO4. The van der Waals surface area contributed by atoms with Gasteiger partial charge in [-0.05, 0) is 24.1 Å². The Kier molecular flexibility index (Phi) is 5.26. The first-order valence-corrected chi connectivity index (χ1v) is 7.35. The molecule has 1 aromatic carbocycles. The summed E-state index contributed by atoms with van der Waals surface area (Å²) in [5.41, 5.74) is 0.276. The third-order valence-electron chi connectivity index (χ3n) is 3.68. The zero-order chi connectivity index (χ0) is 16.4. The highest BCUT2D eigenvalue weighted by molar-refractivity contribution is 6.42. The second-order valence-electron chi connectivity index (χ2n) is 5.15. The van der Waals surface area contributed by atoms with E-state index >= 15 is 0 Å². The standard InChI is InChI=1S/C14H14Cl2FNO4/c15-9-2-1-7(5-10(9)16)12(19)13(20)18-4-3-8(6-18)11(17)14(21)22/h1-2,5,8,11-12,19H,3-4,6H2,(H,21,22). The lowest BCUT2D eigenvalue weighted by atomic mass is 10.0. The molecular weight excluding hydrogens is 336 g/mol. The number of carbonyl (C=O) groups excluding carboxylic acids is 1. The van der Waals surface area contributed by atoms with Crippen LogP contribution in [0.15, 0.2) is 18.2 Å². The maximum atomic E-state index is 13.5. The molecule has 1 heterocycles. The topological polar surface area (TPSA) is 77.8 Å². The van der Waals surface area contributed by atoms with Gasteiger partial charge in [-0.15, -0.1) is 0 Å². The molecule has 0 spiro atoms. The molecule has 0 aromatic heterocycles. The number of likely N-dealkylation sites (tertiary alicyclic amines) is 1. The number of carboxylic acid groups (broad SMARTS) is 1. The van der Waals surface area contributed by atoms with Crippen LogP contribution in [0, 0.1) is 5.92 Å². The Bertz CT molecular complexity index is 598. The minimum absolute atomic E-state index is 0.0370. The van der Waals surface area contributed by atoms with Crippen molar-refractivity contribution in [1.29, 1.82) is 0 Å². The fraction of sp³-hybridized carbons (Fsp3) is 0.429. The summed E-state index contributed by atoms with van der Waals surface area (Å²) in [6, 6.07) is 4.32. The molecule has 1 saturated heterocycles. The Morgan fingerprint density at radius 1 is 1.32 bits per heavy atom. The van der Waals surface area contributed by atoms with Gasteiger partial charge in [-0.1, -0.05) is 29.3 Å². The van der Waals surface area contributed by atoms with Gasteiger partial charge >= 0.3 is 5.97 Å². The Morgan fingerprint density at radius 2 is 2.00 bits per heavy atom. The molecule has 0 saturated carbocycles. The van der Waals surface area contributed by atoms with Crippen molar-refractivity contribution in [3.8, 4) is 0 Å². The molecule has 3 atom stereocenters. The summed E-state index contributed by atoms with van der Waals surface area (Å²) in [7, 11) is 0. The van der Waals surface area contributed by atoms with E-state index in [1.54, 1.807) is 0 Å². The second kappa shape index (κ2) is 6.81. The van der Waals surface area contributed by atoms with Gasteiger partial charge in [0.2, 0.25) is 6.17 Å². The van der Waals surface area contributed by atoms with Gasteiger partial charge in [0.1, 0.15) is 0 Å². The number of halogens is 3. The zero-order valence-electron chi connectivity index (χ0n) is 11.4. The third-order valence-corrected chi connectivity index (χ3v) is 4.42. The average Bonchev–Trinajstić information content (AvgIpc) is 2.97. The summed E-state index contributed by atoms with van der Waals surface area (Å²) in [5.74, 6) is -2.91. The van der Waals surface area contributed by atoms with Crippen molar-refractivity contribution >= 4 is 35.1 Å². The molecule has 3 unspecified atom stereocenters. The van der Waals surface area contributed by atoms with Gasteiger partial charge in [-0.25, -0.2) is 9.18 Å². The van der Waals surface area contributed by atoms with Gasteiger partial charge in [0.15, 0.2) is 6.10 Å². The summed E-state index contributed by atoms with van der Waals surface area (Å²) in [4.78, 5) is 24.1. The van der Waals surface area contributed by atoms with Gasteiger partial charge in [0.25, 0.3) is 5.91 Å². The van der Waals surface area contributed by atoms with E-state index in [0.717, 1.165) is 0 Å². The Labute approximate surface area is 136 Å². The van der Waals surface area contributed by atoms with Gasteiger partial charge in [-0.2, -0.15) is 0 Å². The number of amides is 1. The fourth-order valence-corrected chi connectivity index (χ4v) is 2.73. The predicted octanol–water partition coefficient (Wildman–Crippen LogP) is 2.30. The number of carboxylic acids is 1. The van der Waals surface area contributed by atoms with E-state index in [4.69, 9.17) is 28.3 Å². The number of aliphatic carboxylic acids is 1. The lowest BCUT2D eigenvalue weighted by Gasteiger charge is -2.21. The third kappa shape index (κ3) is 3.51. The Balaban J connectivity index is 2.05. The number of aliphatic hydroxyl groups excluding tert-OH is 1. The predicted molar refractivity (Wildman–Crippen MR) is 78.6 cm³/mol. The molecule has 0 bridgehead atoms. The quantitative estimate of drug-likeness (QED) is 0.874. The zero-order valence-corrected chi connectivity index (χ0v) is 12.9. The lowest BCUT2D eigenvalue weighted by Crippen LogP contribution is -2.35. The number of alkyl halides is 1. The summed E-state index contributed by atoms with van der Waals surface area (Å²) in [6.07, 6.45) is -3.22. The van der Waals surface area contributed by atoms with Crippen molar-refractivity contribution in [2.24, 2.45) is 5.92 Å². The molecule has 0 aliphatic carbocycles. The smallest absolute Gasteiger partial charge is 0.338 e. The van der Waals surface area contributed by atoms with E-state index in [2.05, 4.69) is 0 Å². The van der Waals surface area contributed by atoms with Crippen molar-refractivity contribution in [3.63, 3.8) is 0 Å². The summed E-state index contributed by atoms with van der Waals surface area (Å²) < 4.78 is 13.5. The van der Waals surface area contributed by atoms with Crippen LogP contribution in [-0.4, -0.2) is 46.3 Å². The van der Waals surface area contributed by atoms with Gasteiger partial charge in [0, 0.05) is 19.0 Å². The van der Waals surface area contributed by atoms with Crippen LogP contribution in [0.25, 0.3) is 0 Å². The van der Waals surface area contributed by atoms with Crippen molar-refractivity contribution in [2.75, 3.05) is 13.1 Å². The van der Waals surface area contributed by atoms with E-state index in [1.807, 2.05) is 0 Å². The number of hydrogen-bond acceptors (Lipinski definition) is 3. The molecule has 2 rings (SSSR count). The summed E-state index contributed by atoms with van der Waals surface area (Å²) in [5, 5.41) is 19.3.